The van der Waals surface area contributed by atoms with Crippen molar-refractivity contribution in [2.45, 2.75) is 45.8 Å². The average molecular weight is 171 g/mol. The SMILES string of the molecule is CC(C)C1(C)CNC(C)(C)CO1. The number of hydrogen-bond acceptors (Lipinski definition) is 2. The van der Waals surface area contributed by atoms with Crippen LogP contribution in [0, 0.1) is 5.92 Å². The molecule has 0 amide bonds. The highest BCUT2D eigenvalue weighted by Gasteiger charge is 2.37. The molecule has 0 aromatic rings. The van der Waals surface area contributed by atoms with E-state index in [-0.39, 0.29) is 11.1 Å². The Labute approximate surface area is 75.7 Å². The van der Waals surface area contributed by atoms with Crippen molar-refractivity contribution in [1.29, 1.82) is 0 Å². The normalized spacial score (nSPS) is 35.5. The van der Waals surface area contributed by atoms with E-state index in [1.165, 1.54) is 0 Å². The van der Waals surface area contributed by atoms with Gasteiger partial charge in [0.1, 0.15) is 0 Å². The molecule has 0 aliphatic carbocycles. The molecule has 1 aliphatic rings. The van der Waals surface area contributed by atoms with Gasteiger partial charge in [-0.1, -0.05) is 13.8 Å². The van der Waals surface area contributed by atoms with E-state index in [0.717, 1.165) is 13.2 Å². The summed E-state index contributed by atoms with van der Waals surface area (Å²) in [6.45, 7) is 12.7. The van der Waals surface area contributed by atoms with Gasteiger partial charge in [-0.25, -0.2) is 0 Å². The second kappa shape index (κ2) is 3.00. The molecular formula is C10H21NO. The van der Waals surface area contributed by atoms with Crippen molar-refractivity contribution in [2.75, 3.05) is 13.2 Å². The van der Waals surface area contributed by atoms with Crippen LogP contribution < -0.4 is 5.32 Å². The van der Waals surface area contributed by atoms with Crippen LogP contribution >= 0.6 is 0 Å². The maximum atomic E-state index is 5.88. The fourth-order valence-corrected chi connectivity index (χ4v) is 1.23. The van der Waals surface area contributed by atoms with Crippen LogP contribution in [0.5, 0.6) is 0 Å². The number of ether oxygens (including phenoxy) is 1. The third kappa shape index (κ3) is 1.99. The second-order valence-electron chi connectivity index (χ2n) is 4.99. The van der Waals surface area contributed by atoms with E-state index in [1.807, 2.05) is 0 Å². The minimum atomic E-state index is 0.0233. The smallest absolute Gasteiger partial charge is 0.0802 e. The van der Waals surface area contributed by atoms with Gasteiger partial charge in [-0.3, -0.25) is 0 Å². The number of nitrogens with one attached hydrogen (secondary N) is 1. The maximum Gasteiger partial charge on any atom is 0.0802 e. The van der Waals surface area contributed by atoms with Crippen molar-refractivity contribution in [3.63, 3.8) is 0 Å². The second-order valence-corrected chi connectivity index (χ2v) is 4.99. The van der Waals surface area contributed by atoms with E-state index >= 15 is 0 Å². The molecule has 2 heteroatoms. The Morgan fingerprint density at radius 2 is 1.83 bits per heavy atom. The largest absolute Gasteiger partial charge is 0.372 e. The van der Waals surface area contributed by atoms with Gasteiger partial charge in [0.05, 0.1) is 12.2 Å². The lowest BCUT2D eigenvalue weighted by Gasteiger charge is -2.44. The van der Waals surface area contributed by atoms with Gasteiger partial charge < -0.3 is 10.1 Å². The zero-order valence-corrected chi connectivity index (χ0v) is 8.90. The Morgan fingerprint density at radius 3 is 2.17 bits per heavy atom. The van der Waals surface area contributed by atoms with Crippen molar-refractivity contribution in [3.05, 3.63) is 0 Å². The molecule has 2 nitrogen and oxygen atoms in total. The first-order valence-electron chi connectivity index (χ1n) is 4.75. The summed E-state index contributed by atoms with van der Waals surface area (Å²) < 4.78 is 5.88. The molecule has 0 spiro atoms. The van der Waals surface area contributed by atoms with Gasteiger partial charge in [0.15, 0.2) is 0 Å². The summed E-state index contributed by atoms with van der Waals surface area (Å²) >= 11 is 0. The van der Waals surface area contributed by atoms with E-state index in [4.69, 9.17) is 4.74 Å². The Bertz CT molecular complexity index is 153. The van der Waals surface area contributed by atoms with Crippen LogP contribution in [0.2, 0.25) is 0 Å². The molecule has 1 N–H and O–H groups in total. The van der Waals surface area contributed by atoms with Crippen molar-refractivity contribution >= 4 is 0 Å². The molecule has 1 saturated heterocycles. The number of rotatable bonds is 1. The van der Waals surface area contributed by atoms with Crippen LogP contribution in [-0.2, 0) is 4.74 Å². The first-order chi connectivity index (χ1) is 5.36. The fourth-order valence-electron chi connectivity index (χ4n) is 1.23. The summed E-state index contributed by atoms with van der Waals surface area (Å²) in [6, 6.07) is 0. The summed E-state index contributed by atoms with van der Waals surface area (Å²) in [5, 5.41) is 3.51. The molecule has 0 saturated carbocycles. The molecule has 1 aliphatic heterocycles. The molecular weight excluding hydrogens is 150 g/mol. The minimum absolute atomic E-state index is 0.0233. The monoisotopic (exact) mass is 171 g/mol. The summed E-state index contributed by atoms with van der Waals surface area (Å²) in [7, 11) is 0. The van der Waals surface area contributed by atoms with Crippen molar-refractivity contribution in [3.8, 4) is 0 Å². The Kier molecular flexibility index (Phi) is 2.50. The summed E-state index contributed by atoms with van der Waals surface area (Å²) in [4.78, 5) is 0. The molecule has 1 heterocycles. The Balaban J connectivity index is 2.55. The van der Waals surface area contributed by atoms with Crippen molar-refractivity contribution in [2.24, 2.45) is 5.92 Å². The molecule has 0 bridgehead atoms. The van der Waals surface area contributed by atoms with Gasteiger partial charge in [-0.05, 0) is 26.7 Å². The van der Waals surface area contributed by atoms with Crippen LogP contribution in [0.3, 0.4) is 0 Å². The van der Waals surface area contributed by atoms with Crippen LogP contribution in [0.15, 0.2) is 0 Å². The quantitative estimate of drug-likeness (QED) is 0.649. The van der Waals surface area contributed by atoms with E-state index in [1.54, 1.807) is 0 Å². The van der Waals surface area contributed by atoms with Crippen LogP contribution in [0.4, 0.5) is 0 Å². The highest BCUT2D eigenvalue weighted by atomic mass is 16.5. The molecule has 0 aromatic heterocycles. The predicted molar refractivity (Wildman–Crippen MR) is 51.3 cm³/mol. The molecule has 0 aromatic carbocycles. The Morgan fingerprint density at radius 1 is 1.25 bits per heavy atom. The van der Waals surface area contributed by atoms with E-state index in [9.17, 15) is 0 Å². The van der Waals surface area contributed by atoms with Crippen molar-refractivity contribution in [1.82, 2.24) is 5.32 Å². The van der Waals surface area contributed by atoms with E-state index in [0.29, 0.717) is 5.92 Å². The molecule has 1 unspecified atom stereocenters. The van der Waals surface area contributed by atoms with Gasteiger partial charge in [0, 0.05) is 12.1 Å². The topological polar surface area (TPSA) is 21.3 Å². The van der Waals surface area contributed by atoms with Crippen LogP contribution in [0.25, 0.3) is 0 Å². The fraction of sp³-hybridized carbons (Fsp3) is 1.00. The lowest BCUT2D eigenvalue weighted by atomic mass is 9.88. The lowest BCUT2D eigenvalue weighted by Crippen LogP contribution is -2.60. The van der Waals surface area contributed by atoms with Crippen molar-refractivity contribution < 1.29 is 4.74 Å². The van der Waals surface area contributed by atoms with Gasteiger partial charge in [-0.2, -0.15) is 0 Å². The molecule has 12 heavy (non-hydrogen) atoms. The summed E-state index contributed by atoms with van der Waals surface area (Å²) in [5.41, 5.74) is 0.171. The summed E-state index contributed by atoms with van der Waals surface area (Å²) in [6.07, 6.45) is 0. The average Bonchev–Trinajstić information content (AvgIpc) is 1.96. The van der Waals surface area contributed by atoms with Gasteiger partial charge in [0.25, 0.3) is 0 Å². The zero-order valence-electron chi connectivity index (χ0n) is 8.90. The zero-order chi connectivity index (χ0) is 9.41. The third-order valence-electron chi connectivity index (χ3n) is 2.90. The first-order valence-corrected chi connectivity index (χ1v) is 4.75. The lowest BCUT2D eigenvalue weighted by molar-refractivity contribution is -0.115. The van der Waals surface area contributed by atoms with Gasteiger partial charge in [-0.15, -0.1) is 0 Å². The standard InChI is InChI=1S/C10H21NO/c1-8(2)10(5)6-11-9(3,4)7-12-10/h8,11H,6-7H2,1-5H3. The number of morpholine rings is 1. The molecule has 0 radical (unpaired) electrons. The molecule has 1 atom stereocenters. The predicted octanol–water partition coefficient (Wildman–Crippen LogP) is 1.80. The van der Waals surface area contributed by atoms with E-state index < -0.39 is 0 Å². The molecule has 72 valence electrons. The minimum Gasteiger partial charge on any atom is -0.372 e. The van der Waals surface area contributed by atoms with Crippen LogP contribution in [0.1, 0.15) is 34.6 Å². The van der Waals surface area contributed by atoms with Gasteiger partial charge >= 0.3 is 0 Å². The highest BCUT2D eigenvalue weighted by Crippen LogP contribution is 2.26. The van der Waals surface area contributed by atoms with E-state index in [2.05, 4.69) is 39.9 Å². The Hall–Kier alpha value is -0.0800. The van der Waals surface area contributed by atoms with Gasteiger partial charge in [0.2, 0.25) is 0 Å². The maximum absolute atomic E-state index is 5.88. The highest BCUT2D eigenvalue weighted by molar-refractivity contribution is 4.92. The van der Waals surface area contributed by atoms with Crippen LogP contribution in [-0.4, -0.2) is 24.3 Å². The molecule has 1 rings (SSSR count). The number of hydrogen-bond donors (Lipinski definition) is 1. The first kappa shape index (κ1) is 10.0. The third-order valence-corrected chi connectivity index (χ3v) is 2.90. The summed E-state index contributed by atoms with van der Waals surface area (Å²) in [5.74, 6) is 0.570. The molecule has 1 fully saturated rings.